The maximum absolute atomic E-state index is 10.7. The number of nitrogens with zero attached hydrogens (tertiary/aromatic N) is 1. The van der Waals surface area contributed by atoms with Crippen molar-refractivity contribution in [2.75, 3.05) is 13.6 Å². The highest BCUT2D eigenvalue weighted by Gasteiger charge is 2.29. The minimum Gasteiger partial charge on any atom is -0.481 e. The smallest absolute Gasteiger partial charge is 0.305 e. The number of rotatable bonds is 5. The van der Waals surface area contributed by atoms with Crippen molar-refractivity contribution in [3.05, 3.63) is 0 Å². The second-order valence-electron chi connectivity index (χ2n) is 5.41. The summed E-state index contributed by atoms with van der Waals surface area (Å²) < 4.78 is 0. The van der Waals surface area contributed by atoms with Crippen LogP contribution in [0.1, 0.15) is 46.0 Å². The first-order chi connectivity index (χ1) is 6.92. The molecule has 0 atom stereocenters. The number of aliphatic carboxylic acids is 1. The molecular weight excluding hydrogens is 190 g/mol. The van der Waals surface area contributed by atoms with E-state index in [1.807, 2.05) is 20.9 Å². The van der Waals surface area contributed by atoms with E-state index in [-0.39, 0.29) is 12.0 Å². The molecule has 0 aliphatic heterocycles. The first-order valence-corrected chi connectivity index (χ1v) is 5.85. The molecule has 0 heterocycles. The Balaban J connectivity index is 2.42. The van der Waals surface area contributed by atoms with Gasteiger partial charge in [-0.05, 0) is 39.7 Å². The molecule has 0 radical (unpaired) electrons. The predicted molar refractivity (Wildman–Crippen MR) is 60.9 cm³/mol. The Morgan fingerprint density at radius 1 is 1.40 bits per heavy atom. The van der Waals surface area contributed by atoms with Gasteiger partial charge in [-0.15, -0.1) is 0 Å². The third-order valence-electron chi connectivity index (χ3n) is 3.62. The average molecular weight is 213 g/mol. The average Bonchev–Trinajstić information content (AvgIpc) is 2.54. The van der Waals surface area contributed by atoms with Gasteiger partial charge in [-0.1, -0.05) is 12.8 Å². The molecule has 1 aliphatic carbocycles. The maximum Gasteiger partial charge on any atom is 0.305 e. The van der Waals surface area contributed by atoms with Crippen molar-refractivity contribution >= 4 is 5.97 Å². The molecule has 15 heavy (non-hydrogen) atoms. The summed E-state index contributed by atoms with van der Waals surface area (Å²) in [5.74, 6) is 0.0707. The first kappa shape index (κ1) is 12.5. The third-order valence-corrected chi connectivity index (χ3v) is 3.62. The molecule has 0 aromatic carbocycles. The number of carboxylic acid groups (broad SMARTS) is 1. The molecule has 1 rings (SSSR count). The second kappa shape index (κ2) is 4.97. The van der Waals surface area contributed by atoms with E-state index in [4.69, 9.17) is 5.11 Å². The zero-order valence-corrected chi connectivity index (χ0v) is 10.1. The highest BCUT2D eigenvalue weighted by atomic mass is 16.4. The van der Waals surface area contributed by atoms with Crippen LogP contribution in [0.2, 0.25) is 0 Å². The van der Waals surface area contributed by atoms with Crippen molar-refractivity contribution in [1.82, 2.24) is 4.90 Å². The van der Waals surface area contributed by atoms with Crippen LogP contribution >= 0.6 is 0 Å². The Hall–Kier alpha value is -0.570. The highest BCUT2D eigenvalue weighted by molar-refractivity contribution is 5.68. The molecule has 3 nitrogen and oxygen atoms in total. The zero-order valence-electron chi connectivity index (χ0n) is 10.1. The van der Waals surface area contributed by atoms with Gasteiger partial charge in [0.05, 0.1) is 6.42 Å². The Morgan fingerprint density at radius 2 is 1.93 bits per heavy atom. The van der Waals surface area contributed by atoms with Crippen LogP contribution < -0.4 is 0 Å². The summed E-state index contributed by atoms with van der Waals surface area (Å²) in [4.78, 5) is 12.9. The topological polar surface area (TPSA) is 40.5 Å². The fourth-order valence-corrected chi connectivity index (χ4v) is 2.33. The summed E-state index contributed by atoms with van der Waals surface area (Å²) in [5.41, 5.74) is -0.228. The maximum atomic E-state index is 10.7. The van der Waals surface area contributed by atoms with E-state index < -0.39 is 5.97 Å². The molecule has 1 aliphatic rings. The van der Waals surface area contributed by atoms with Gasteiger partial charge in [0.1, 0.15) is 0 Å². The quantitative estimate of drug-likeness (QED) is 0.762. The van der Waals surface area contributed by atoms with Crippen molar-refractivity contribution in [3.8, 4) is 0 Å². The highest BCUT2D eigenvalue weighted by Crippen LogP contribution is 2.28. The standard InChI is InChI=1S/C12H23NO2/c1-12(2,8-11(14)15)13(3)9-10-6-4-5-7-10/h10H,4-9H2,1-3H3,(H,14,15). The molecule has 0 aromatic rings. The van der Waals surface area contributed by atoms with Crippen LogP contribution in [0.15, 0.2) is 0 Å². The summed E-state index contributed by atoms with van der Waals surface area (Å²) >= 11 is 0. The van der Waals surface area contributed by atoms with Crippen molar-refractivity contribution < 1.29 is 9.90 Å². The number of hydrogen-bond donors (Lipinski definition) is 1. The third kappa shape index (κ3) is 3.82. The van der Waals surface area contributed by atoms with Crippen molar-refractivity contribution in [3.63, 3.8) is 0 Å². The fraction of sp³-hybridized carbons (Fsp3) is 0.917. The van der Waals surface area contributed by atoms with E-state index >= 15 is 0 Å². The minimum atomic E-state index is -0.710. The lowest BCUT2D eigenvalue weighted by molar-refractivity contribution is -0.139. The van der Waals surface area contributed by atoms with Gasteiger partial charge in [-0.25, -0.2) is 0 Å². The van der Waals surface area contributed by atoms with E-state index in [1.165, 1.54) is 25.7 Å². The minimum absolute atomic E-state index is 0.218. The summed E-state index contributed by atoms with van der Waals surface area (Å²) in [6, 6.07) is 0. The van der Waals surface area contributed by atoms with Crippen LogP contribution in [0, 0.1) is 5.92 Å². The molecule has 1 fully saturated rings. The molecule has 3 heteroatoms. The van der Waals surface area contributed by atoms with Crippen molar-refractivity contribution in [1.29, 1.82) is 0 Å². The van der Waals surface area contributed by atoms with Crippen LogP contribution in [0.25, 0.3) is 0 Å². The van der Waals surface area contributed by atoms with Crippen molar-refractivity contribution in [2.24, 2.45) is 5.92 Å². The molecular formula is C12H23NO2. The number of hydrogen-bond acceptors (Lipinski definition) is 2. The van der Waals surface area contributed by atoms with Crippen LogP contribution in [-0.2, 0) is 4.79 Å². The second-order valence-corrected chi connectivity index (χ2v) is 5.41. The van der Waals surface area contributed by atoms with E-state index in [9.17, 15) is 4.79 Å². The molecule has 88 valence electrons. The van der Waals surface area contributed by atoms with E-state index in [1.54, 1.807) is 0 Å². The van der Waals surface area contributed by atoms with Gasteiger partial charge < -0.3 is 10.0 Å². The van der Waals surface area contributed by atoms with Crippen molar-refractivity contribution in [2.45, 2.75) is 51.5 Å². The van der Waals surface area contributed by atoms with Gasteiger partial charge in [0.2, 0.25) is 0 Å². The number of carbonyl (C=O) groups is 1. The number of carboxylic acids is 1. The predicted octanol–water partition coefficient (Wildman–Crippen LogP) is 2.36. The van der Waals surface area contributed by atoms with Gasteiger partial charge in [-0.3, -0.25) is 4.79 Å². The molecule has 1 N–H and O–H groups in total. The SMILES string of the molecule is CN(CC1CCCC1)C(C)(C)CC(=O)O. The van der Waals surface area contributed by atoms with E-state index in [0.717, 1.165) is 12.5 Å². The summed E-state index contributed by atoms with van der Waals surface area (Å²) in [5, 5.41) is 8.83. The first-order valence-electron chi connectivity index (χ1n) is 5.85. The van der Waals surface area contributed by atoms with Gasteiger partial charge in [0.25, 0.3) is 0 Å². The van der Waals surface area contributed by atoms with Crippen LogP contribution in [0.5, 0.6) is 0 Å². The zero-order chi connectivity index (χ0) is 11.5. The summed E-state index contributed by atoms with van der Waals surface area (Å²) in [6.45, 7) is 5.06. The van der Waals surface area contributed by atoms with Gasteiger partial charge in [0.15, 0.2) is 0 Å². The Labute approximate surface area is 92.5 Å². The summed E-state index contributed by atoms with van der Waals surface area (Å²) in [7, 11) is 2.04. The summed E-state index contributed by atoms with van der Waals surface area (Å²) in [6.07, 6.45) is 5.53. The fourth-order valence-electron chi connectivity index (χ4n) is 2.33. The van der Waals surface area contributed by atoms with E-state index in [2.05, 4.69) is 4.90 Å². The molecule has 0 saturated heterocycles. The van der Waals surface area contributed by atoms with Crippen LogP contribution in [-0.4, -0.2) is 35.1 Å². The van der Waals surface area contributed by atoms with Crippen LogP contribution in [0.4, 0.5) is 0 Å². The Kier molecular flexibility index (Phi) is 4.14. The lowest BCUT2D eigenvalue weighted by Gasteiger charge is -2.36. The van der Waals surface area contributed by atoms with Gasteiger partial charge >= 0.3 is 5.97 Å². The van der Waals surface area contributed by atoms with Crippen LogP contribution in [0.3, 0.4) is 0 Å². The molecule has 0 aromatic heterocycles. The monoisotopic (exact) mass is 213 g/mol. The largest absolute Gasteiger partial charge is 0.481 e. The van der Waals surface area contributed by atoms with Gasteiger partial charge in [0, 0.05) is 12.1 Å². The molecule has 0 bridgehead atoms. The Morgan fingerprint density at radius 3 is 2.40 bits per heavy atom. The van der Waals surface area contributed by atoms with Gasteiger partial charge in [-0.2, -0.15) is 0 Å². The molecule has 0 spiro atoms. The molecule has 1 saturated carbocycles. The molecule has 0 amide bonds. The molecule has 0 unspecified atom stereocenters. The lowest BCUT2D eigenvalue weighted by Crippen LogP contribution is -2.44. The lowest BCUT2D eigenvalue weighted by atomic mass is 9.96. The Bertz CT molecular complexity index is 220. The van der Waals surface area contributed by atoms with E-state index in [0.29, 0.717) is 0 Å². The normalized spacial score (nSPS) is 18.7.